The molecule has 0 radical (unpaired) electrons. The van der Waals surface area contributed by atoms with Crippen LogP contribution >= 0.6 is 27.3 Å². The highest BCUT2D eigenvalue weighted by molar-refractivity contribution is 9.11. The van der Waals surface area contributed by atoms with Crippen LogP contribution in [0, 0.1) is 5.92 Å². The number of carboxylic acid groups (broad SMARTS) is 1. The lowest BCUT2D eigenvalue weighted by atomic mass is 9.95. The quantitative estimate of drug-likeness (QED) is 0.884. The Bertz CT molecular complexity index is 602. The molecule has 0 aliphatic carbocycles. The van der Waals surface area contributed by atoms with Gasteiger partial charge < -0.3 is 9.52 Å². The highest BCUT2D eigenvalue weighted by Crippen LogP contribution is 2.37. The van der Waals surface area contributed by atoms with Gasteiger partial charge in [-0.2, -0.15) is 0 Å². The summed E-state index contributed by atoms with van der Waals surface area (Å²) >= 11 is 5.20. The van der Waals surface area contributed by atoms with Crippen LogP contribution in [0.5, 0.6) is 0 Å². The van der Waals surface area contributed by atoms with Gasteiger partial charge in [0, 0.05) is 18.0 Å². The summed E-state index contributed by atoms with van der Waals surface area (Å²) < 4.78 is 6.71. The fourth-order valence-electron chi connectivity index (χ4n) is 2.83. The van der Waals surface area contributed by atoms with E-state index < -0.39 is 5.97 Å². The Kier molecular flexibility index (Phi) is 4.47. The summed E-state index contributed by atoms with van der Waals surface area (Å²) in [6, 6.07) is 8.10. The lowest BCUT2D eigenvalue weighted by Gasteiger charge is -2.35. The van der Waals surface area contributed by atoms with Crippen LogP contribution < -0.4 is 0 Å². The summed E-state index contributed by atoms with van der Waals surface area (Å²) in [6.45, 7) is 1.55. The number of nitrogens with zero attached hydrogens (tertiary/aromatic N) is 1. The highest BCUT2D eigenvalue weighted by Gasteiger charge is 2.32. The molecule has 3 heterocycles. The molecule has 21 heavy (non-hydrogen) atoms. The molecule has 6 heteroatoms. The lowest BCUT2D eigenvalue weighted by molar-refractivity contribution is -0.143. The van der Waals surface area contributed by atoms with Crippen LogP contribution in [0.25, 0.3) is 0 Å². The van der Waals surface area contributed by atoms with Gasteiger partial charge >= 0.3 is 5.97 Å². The zero-order valence-corrected chi connectivity index (χ0v) is 13.8. The number of aliphatic carboxylic acids is 1. The maximum absolute atomic E-state index is 11.1. The summed E-state index contributed by atoms with van der Waals surface area (Å²) in [5.41, 5.74) is 0. The molecule has 3 rings (SSSR count). The van der Waals surface area contributed by atoms with E-state index in [4.69, 9.17) is 9.52 Å². The normalized spacial score (nSPS) is 18.7. The fourth-order valence-corrected chi connectivity index (χ4v) is 4.39. The summed E-state index contributed by atoms with van der Waals surface area (Å²) in [7, 11) is 0. The van der Waals surface area contributed by atoms with E-state index >= 15 is 0 Å². The van der Waals surface area contributed by atoms with Crippen molar-refractivity contribution in [3.05, 3.63) is 45.0 Å². The Morgan fingerprint density at radius 1 is 1.38 bits per heavy atom. The van der Waals surface area contributed by atoms with E-state index in [2.05, 4.69) is 26.9 Å². The monoisotopic (exact) mass is 369 g/mol. The van der Waals surface area contributed by atoms with Gasteiger partial charge in [-0.1, -0.05) is 0 Å². The molecular weight excluding hydrogens is 354 g/mol. The molecule has 1 fully saturated rings. The smallest absolute Gasteiger partial charge is 0.306 e. The minimum Gasteiger partial charge on any atom is -0.481 e. The minimum atomic E-state index is -0.678. The number of furan rings is 1. The number of thiophene rings is 1. The molecule has 0 saturated carbocycles. The zero-order valence-electron chi connectivity index (χ0n) is 11.4. The second-order valence-corrected chi connectivity index (χ2v) is 7.70. The van der Waals surface area contributed by atoms with E-state index in [1.54, 1.807) is 17.6 Å². The first-order valence-corrected chi connectivity index (χ1v) is 8.51. The highest BCUT2D eigenvalue weighted by atomic mass is 79.9. The predicted molar refractivity (Wildman–Crippen MR) is 84.5 cm³/mol. The second-order valence-electron chi connectivity index (χ2n) is 5.21. The summed E-state index contributed by atoms with van der Waals surface area (Å²) in [5.74, 6) is 0.0229. The SMILES string of the molecule is O=C(O)C1CCN(C(c2ccco2)c2ccc(Br)s2)CC1. The molecule has 1 saturated heterocycles. The molecule has 1 N–H and O–H groups in total. The Hall–Kier alpha value is -1.11. The fraction of sp³-hybridized carbons (Fsp3) is 0.400. The van der Waals surface area contributed by atoms with Gasteiger partial charge in [0.2, 0.25) is 0 Å². The van der Waals surface area contributed by atoms with Gasteiger partial charge in [0.25, 0.3) is 0 Å². The molecule has 1 aliphatic heterocycles. The minimum absolute atomic E-state index is 0.0750. The van der Waals surface area contributed by atoms with Crippen molar-refractivity contribution >= 4 is 33.2 Å². The molecule has 2 aromatic heterocycles. The average Bonchev–Trinajstić information content (AvgIpc) is 3.12. The number of carbonyl (C=O) groups is 1. The van der Waals surface area contributed by atoms with Crippen molar-refractivity contribution < 1.29 is 14.3 Å². The maximum Gasteiger partial charge on any atom is 0.306 e. The van der Waals surface area contributed by atoms with Gasteiger partial charge in [-0.25, -0.2) is 0 Å². The average molecular weight is 370 g/mol. The van der Waals surface area contributed by atoms with Gasteiger partial charge in [0.1, 0.15) is 11.8 Å². The summed E-state index contributed by atoms with van der Waals surface area (Å²) in [6.07, 6.45) is 3.08. The molecule has 1 unspecified atom stereocenters. The van der Waals surface area contributed by atoms with Crippen molar-refractivity contribution in [2.24, 2.45) is 5.92 Å². The first kappa shape index (κ1) is 14.8. The van der Waals surface area contributed by atoms with Crippen LogP contribution in [0.1, 0.15) is 29.5 Å². The Morgan fingerprint density at radius 2 is 2.14 bits per heavy atom. The molecule has 2 aromatic rings. The summed E-state index contributed by atoms with van der Waals surface area (Å²) in [4.78, 5) is 14.6. The molecule has 1 aliphatic rings. The van der Waals surface area contributed by atoms with Crippen LogP contribution in [-0.2, 0) is 4.79 Å². The van der Waals surface area contributed by atoms with E-state index in [1.807, 2.05) is 18.2 Å². The number of halogens is 1. The molecule has 0 amide bonds. The lowest BCUT2D eigenvalue weighted by Crippen LogP contribution is -2.38. The molecule has 0 bridgehead atoms. The van der Waals surface area contributed by atoms with Crippen LogP contribution in [0.3, 0.4) is 0 Å². The van der Waals surface area contributed by atoms with Gasteiger partial charge in [-0.15, -0.1) is 11.3 Å². The third kappa shape index (κ3) is 3.22. The van der Waals surface area contributed by atoms with E-state index in [9.17, 15) is 4.79 Å². The Morgan fingerprint density at radius 3 is 2.67 bits per heavy atom. The second kappa shape index (κ2) is 6.34. The van der Waals surface area contributed by atoms with Crippen molar-refractivity contribution in [1.29, 1.82) is 0 Å². The van der Waals surface area contributed by atoms with Gasteiger partial charge in [0.15, 0.2) is 0 Å². The first-order valence-electron chi connectivity index (χ1n) is 6.90. The van der Waals surface area contributed by atoms with Crippen LogP contribution in [0.2, 0.25) is 0 Å². The van der Waals surface area contributed by atoms with Crippen molar-refractivity contribution in [1.82, 2.24) is 4.90 Å². The molecule has 0 spiro atoms. The maximum atomic E-state index is 11.1. The molecular formula is C15H16BrNO3S. The molecule has 0 aromatic carbocycles. The molecule has 112 valence electrons. The molecule has 1 atom stereocenters. The van der Waals surface area contributed by atoms with Crippen LogP contribution in [0.15, 0.2) is 38.7 Å². The number of carboxylic acids is 1. The van der Waals surface area contributed by atoms with E-state index in [1.165, 1.54) is 4.88 Å². The standard InChI is InChI=1S/C15H16BrNO3S/c16-13-4-3-12(21-13)14(11-2-1-9-20-11)17-7-5-10(6-8-17)15(18)19/h1-4,9-10,14H,5-8H2,(H,18,19). The number of likely N-dealkylation sites (tertiary alicyclic amines) is 1. The Labute approximate surface area is 135 Å². The van der Waals surface area contributed by atoms with E-state index in [0.29, 0.717) is 12.8 Å². The molecule has 4 nitrogen and oxygen atoms in total. The third-order valence-electron chi connectivity index (χ3n) is 3.92. The number of hydrogen-bond donors (Lipinski definition) is 1. The third-order valence-corrected chi connectivity index (χ3v) is 5.60. The van der Waals surface area contributed by atoms with Gasteiger partial charge in [-0.05, 0) is 53.0 Å². The number of hydrogen-bond acceptors (Lipinski definition) is 4. The van der Waals surface area contributed by atoms with Gasteiger partial charge in [-0.3, -0.25) is 9.69 Å². The number of piperidine rings is 1. The number of rotatable bonds is 4. The first-order chi connectivity index (χ1) is 10.1. The van der Waals surface area contributed by atoms with Crippen LogP contribution in [-0.4, -0.2) is 29.1 Å². The predicted octanol–water partition coefficient (Wildman–Crippen LogP) is 3.99. The van der Waals surface area contributed by atoms with Gasteiger partial charge in [0.05, 0.1) is 16.0 Å². The topological polar surface area (TPSA) is 53.7 Å². The van der Waals surface area contributed by atoms with Crippen molar-refractivity contribution in [2.75, 3.05) is 13.1 Å². The van der Waals surface area contributed by atoms with E-state index in [-0.39, 0.29) is 12.0 Å². The van der Waals surface area contributed by atoms with Crippen molar-refractivity contribution in [3.63, 3.8) is 0 Å². The Balaban J connectivity index is 1.82. The zero-order chi connectivity index (χ0) is 14.8. The van der Waals surface area contributed by atoms with E-state index in [0.717, 1.165) is 22.6 Å². The van der Waals surface area contributed by atoms with Crippen molar-refractivity contribution in [3.8, 4) is 0 Å². The van der Waals surface area contributed by atoms with Crippen LogP contribution in [0.4, 0.5) is 0 Å². The summed E-state index contributed by atoms with van der Waals surface area (Å²) in [5, 5.41) is 9.13. The largest absolute Gasteiger partial charge is 0.481 e. The van der Waals surface area contributed by atoms with Crippen molar-refractivity contribution in [2.45, 2.75) is 18.9 Å².